The quantitative estimate of drug-likeness (QED) is 0.153. The number of benzene rings is 1. The second-order valence-corrected chi connectivity index (χ2v) is 11.1. The van der Waals surface area contributed by atoms with E-state index < -0.39 is 6.04 Å². The van der Waals surface area contributed by atoms with Crippen molar-refractivity contribution in [3.63, 3.8) is 0 Å². The van der Waals surface area contributed by atoms with Gasteiger partial charge in [-0.2, -0.15) is 0 Å². The van der Waals surface area contributed by atoms with Gasteiger partial charge in [-0.1, -0.05) is 39.2 Å². The van der Waals surface area contributed by atoms with Crippen LogP contribution in [-0.4, -0.2) is 86.2 Å². The number of nitrogens with one attached hydrogen (secondary N) is 1. The number of thioether (sulfide) groups is 1. The number of rotatable bonds is 15. The molecule has 37 heavy (non-hydrogen) atoms. The van der Waals surface area contributed by atoms with Crippen molar-refractivity contribution in [1.82, 2.24) is 10.2 Å². The maximum atomic E-state index is 13.0. The molecule has 1 atom stereocenters. The second kappa shape index (κ2) is 16.8. The summed E-state index contributed by atoms with van der Waals surface area (Å²) in [6.45, 7) is 9.80. The summed E-state index contributed by atoms with van der Waals surface area (Å²) in [5, 5.41) is 2.64. The largest absolute Gasteiger partial charge is 0.370 e. The van der Waals surface area contributed by atoms with E-state index in [9.17, 15) is 14.4 Å². The van der Waals surface area contributed by atoms with Gasteiger partial charge < -0.3 is 24.2 Å². The first-order chi connectivity index (χ1) is 18.0. The SMILES string of the molecule is CC.CNC(=O)C(CCC=O)N1Cc2c(SCCCCCCCC[N+]3(C)CCOCC3)cccc2C1=O. The van der Waals surface area contributed by atoms with Gasteiger partial charge in [0.25, 0.3) is 5.91 Å². The van der Waals surface area contributed by atoms with Crippen LogP contribution in [0.5, 0.6) is 0 Å². The number of fused-ring (bicyclic) bond motifs is 1. The minimum Gasteiger partial charge on any atom is -0.370 e. The lowest BCUT2D eigenvalue weighted by Gasteiger charge is -2.37. The van der Waals surface area contributed by atoms with E-state index in [2.05, 4.69) is 18.4 Å². The lowest BCUT2D eigenvalue weighted by molar-refractivity contribution is -0.917. The molecule has 1 fully saturated rings. The van der Waals surface area contributed by atoms with Gasteiger partial charge in [-0.15, -0.1) is 11.8 Å². The van der Waals surface area contributed by atoms with Crippen LogP contribution in [0.3, 0.4) is 0 Å². The molecular weight excluding hydrogens is 486 g/mol. The van der Waals surface area contributed by atoms with Crippen LogP contribution in [0.15, 0.2) is 23.1 Å². The van der Waals surface area contributed by atoms with Crippen molar-refractivity contribution in [1.29, 1.82) is 0 Å². The van der Waals surface area contributed by atoms with Crippen LogP contribution in [0, 0.1) is 0 Å². The van der Waals surface area contributed by atoms with Crippen molar-refractivity contribution in [3.05, 3.63) is 29.3 Å². The Hall–Kier alpha value is -1.90. The third-order valence-corrected chi connectivity index (χ3v) is 8.52. The molecule has 0 radical (unpaired) electrons. The molecule has 1 unspecified atom stereocenters. The zero-order valence-corrected chi connectivity index (χ0v) is 24.2. The minimum atomic E-state index is -0.615. The van der Waals surface area contributed by atoms with Gasteiger partial charge in [0.15, 0.2) is 0 Å². The summed E-state index contributed by atoms with van der Waals surface area (Å²) in [4.78, 5) is 39.0. The predicted octanol–water partition coefficient (Wildman–Crippen LogP) is 4.67. The number of amides is 2. The Balaban J connectivity index is 0.00000235. The number of quaternary nitrogens is 1. The molecule has 0 spiro atoms. The number of hydrogen-bond acceptors (Lipinski definition) is 5. The Kier molecular flexibility index (Phi) is 14.3. The first-order valence-corrected chi connectivity index (χ1v) is 15.1. The maximum absolute atomic E-state index is 13.0. The maximum Gasteiger partial charge on any atom is 0.255 e. The van der Waals surface area contributed by atoms with Crippen LogP contribution in [-0.2, 0) is 20.9 Å². The van der Waals surface area contributed by atoms with Gasteiger partial charge in [0.05, 0.1) is 26.8 Å². The van der Waals surface area contributed by atoms with Crippen LogP contribution in [0.1, 0.15) is 81.1 Å². The van der Waals surface area contributed by atoms with E-state index in [1.807, 2.05) is 37.7 Å². The highest BCUT2D eigenvalue weighted by Crippen LogP contribution is 2.34. The molecule has 2 amide bonds. The average molecular weight is 535 g/mol. The molecule has 1 N–H and O–H groups in total. The minimum absolute atomic E-state index is 0.116. The second-order valence-electron chi connectivity index (χ2n) is 9.96. The molecule has 0 bridgehead atoms. The van der Waals surface area contributed by atoms with E-state index in [0.717, 1.165) is 55.2 Å². The van der Waals surface area contributed by atoms with Gasteiger partial charge in [0.1, 0.15) is 25.4 Å². The van der Waals surface area contributed by atoms with E-state index in [0.29, 0.717) is 18.5 Å². The zero-order valence-electron chi connectivity index (χ0n) is 23.4. The summed E-state index contributed by atoms with van der Waals surface area (Å²) in [6.07, 6.45) is 8.99. The summed E-state index contributed by atoms with van der Waals surface area (Å²) in [6, 6.07) is 5.24. The topological polar surface area (TPSA) is 75.7 Å². The Bertz CT molecular complexity index is 858. The third-order valence-electron chi connectivity index (χ3n) is 7.34. The molecule has 0 aromatic heterocycles. The van der Waals surface area contributed by atoms with Crippen molar-refractivity contribution in [3.8, 4) is 0 Å². The van der Waals surface area contributed by atoms with Gasteiger partial charge in [-0.3, -0.25) is 9.59 Å². The Morgan fingerprint density at radius 3 is 2.49 bits per heavy atom. The highest BCUT2D eigenvalue weighted by molar-refractivity contribution is 7.99. The molecule has 1 aromatic carbocycles. The summed E-state index contributed by atoms with van der Waals surface area (Å²) in [5.41, 5.74) is 1.70. The number of nitrogens with zero attached hydrogens (tertiary/aromatic N) is 2. The van der Waals surface area contributed by atoms with Crippen molar-refractivity contribution < 1.29 is 23.6 Å². The van der Waals surface area contributed by atoms with Gasteiger partial charge in [-0.05, 0) is 49.1 Å². The number of unbranched alkanes of at least 4 members (excludes halogenated alkanes) is 5. The van der Waals surface area contributed by atoms with Crippen molar-refractivity contribution in [2.24, 2.45) is 0 Å². The molecule has 2 heterocycles. The highest BCUT2D eigenvalue weighted by Gasteiger charge is 2.36. The van der Waals surface area contributed by atoms with Crippen LogP contribution in [0.2, 0.25) is 0 Å². The fourth-order valence-electron chi connectivity index (χ4n) is 5.03. The predicted molar refractivity (Wildman–Crippen MR) is 151 cm³/mol. The molecule has 2 aliphatic heterocycles. The third kappa shape index (κ3) is 9.41. The van der Waals surface area contributed by atoms with E-state index in [4.69, 9.17) is 4.74 Å². The molecule has 8 heteroatoms. The van der Waals surface area contributed by atoms with Crippen LogP contribution in [0.4, 0.5) is 0 Å². The normalized spacial score (nSPS) is 17.0. The van der Waals surface area contributed by atoms with E-state index >= 15 is 0 Å². The van der Waals surface area contributed by atoms with E-state index in [-0.39, 0.29) is 18.2 Å². The highest BCUT2D eigenvalue weighted by atomic mass is 32.2. The monoisotopic (exact) mass is 534 g/mol. The fraction of sp³-hybridized carbons (Fsp3) is 0.690. The Morgan fingerprint density at radius 1 is 1.14 bits per heavy atom. The lowest BCUT2D eigenvalue weighted by Crippen LogP contribution is -2.52. The molecule has 1 aromatic rings. The van der Waals surface area contributed by atoms with E-state index in [1.165, 1.54) is 43.1 Å². The first kappa shape index (κ1) is 31.3. The number of ether oxygens (including phenoxy) is 1. The Morgan fingerprint density at radius 2 is 1.81 bits per heavy atom. The molecular formula is C29H48N3O4S+. The van der Waals surface area contributed by atoms with E-state index in [1.54, 1.807) is 11.9 Å². The standard InChI is InChI=1S/C27H41N3O4S.C2H6/c1-28-26(32)24(12-10-17-31)29-21-23-22(27(29)33)11-9-13-25(23)35-20-8-6-4-3-5-7-14-30(2)15-18-34-19-16-30;1-2/h9,11,13,17,24H,3-8,10,12,14-16,18-21H2,1-2H3;1-2H3/p+1. The van der Waals surface area contributed by atoms with Gasteiger partial charge in [-0.25, -0.2) is 0 Å². The number of carbonyl (C=O) groups excluding carboxylic acids is 3. The average Bonchev–Trinajstić information content (AvgIpc) is 3.26. The van der Waals surface area contributed by atoms with Crippen molar-refractivity contribution >= 4 is 29.9 Å². The molecule has 1 saturated heterocycles. The molecule has 3 rings (SSSR count). The summed E-state index contributed by atoms with van der Waals surface area (Å²) in [5.74, 6) is 0.696. The van der Waals surface area contributed by atoms with Crippen molar-refractivity contribution in [2.75, 3.05) is 52.7 Å². The number of morpholine rings is 1. The lowest BCUT2D eigenvalue weighted by atomic mass is 10.1. The van der Waals surface area contributed by atoms with Gasteiger partial charge in [0, 0.05) is 30.5 Å². The number of likely N-dealkylation sites (N-methyl/N-ethyl adjacent to an activating group) is 2. The van der Waals surface area contributed by atoms with Crippen molar-refractivity contribution in [2.45, 2.75) is 82.7 Å². The number of hydrogen-bond donors (Lipinski definition) is 1. The Labute approximate surface area is 228 Å². The summed E-state index contributed by atoms with van der Waals surface area (Å²) >= 11 is 1.81. The molecule has 0 aliphatic carbocycles. The smallest absolute Gasteiger partial charge is 0.255 e. The van der Waals surface area contributed by atoms with Crippen LogP contribution < -0.4 is 5.32 Å². The first-order valence-electron chi connectivity index (χ1n) is 14.1. The molecule has 7 nitrogen and oxygen atoms in total. The van der Waals surface area contributed by atoms with Crippen LogP contribution in [0.25, 0.3) is 0 Å². The number of aldehydes is 1. The van der Waals surface area contributed by atoms with Gasteiger partial charge >= 0.3 is 0 Å². The molecule has 0 saturated carbocycles. The summed E-state index contributed by atoms with van der Waals surface area (Å²) in [7, 11) is 3.92. The van der Waals surface area contributed by atoms with Gasteiger partial charge in [0.2, 0.25) is 5.91 Å². The molecule has 208 valence electrons. The zero-order chi connectivity index (χ0) is 27.1. The molecule has 2 aliphatic rings. The van der Waals surface area contributed by atoms with Crippen LogP contribution >= 0.6 is 11.8 Å². The fourth-order valence-corrected chi connectivity index (χ4v) is 6.12. The number of carbonyl (C=O) groups is 3. The summed E-state index contributed by atoms with van der Waals surface area (Å²) < 4.78 is 6.65.